The number of rotatable bonds is 12. The fraction of sp³-hybridized carbons (Fsp3) is 0.684. The first kappa shape index (κ1) is 24.8. The molecule has 0 saturated carbocycles. The van der Waals surface area contributed by atoms with Gasteiger partial charge in [0.15, 0.2) is 11.5 Å². The van der Waals surface area contributed by atoms with Crippen LogP contribution >= 0.6 is 0 Å². The molecule has 1 aliphatic rings. The van der Waals surface area contributed by atoms with E-state index < -0.39 is 47.7 Å². The molecule has 1 aromatic carbocycles. The van der Waals surface area contributed by atoms with Crippen molar-refractivity contribution < 1.29 is 46.7 Å². The van der Waals surface area contributed by atoms with Crippen LogP contribution in [0.5, 0.6) is 11.5 Å². The minimum absolute atomic E-state index is 0.115. The molecular formula is C19H30O10S. The molecule has 0 spiro atoms. The summed E-state index contributed by atoms with van der Waals surface area (Å²) in [5, 5.41) is 38.6. The Kier molecular flexibility index (Phi) is 9.75. The van der Waals surface area contributed by atoms with Gasteiger partial charge in [0.2, 0.25) is 6.29 Å². The maximum Gasteiger partial charge on any atom is 0.451 e. The third kappa shape index (κ3) is 7.05. The van der Waals surface area contributed by atoms with E-state index in [-0.39, 0.29) is 11.5 Å². The first-order valence-electron chi connectivity index (χ1n) is 9.94. The fourth-order valence-corrected chi connectivity index (χ4v) is 3.71. The average Bonchev–Trinajstić information content (AvgIpc) is 2.71. The molecule has 1 saturated heterocycles. The van der Waals surface area contributed by atoms with Crippen LogP contribution in [0.1, 0.15) is 39.0 Å². The molecule has 4 N–H and O–H groups in total. The van der Waals surface area contributed by atoms with E-state index in [1.54, 1.807) is 18.2 Å². The van der Waals surface area contributed by atoms with Crippen molar-refractivity contribution in [3.63, 3.8) is 0 Å². The highest BCUT2D eigenvalue weighted by atomic mass is 32.3. The normalized spacial score (nSPS) is 27.0. The monoisotopic (exact) mass is 450 g/mol. The Morgan fingerprint density at radius 1 is 0.967 bits per heavy atom. The van der Waals surface area contributed by atoms with Gasteiger partial charge in [0.25, 0.3) is 0 Å². The number of hydrogen-bond donors (Lipinski definition) is 4. The van der Waals surface area contributed by atoms with Crippen LogP contribution < -0.4 is 8.92 Å². The molecule has 2 rings (SSSR count). The summed E-state index contributed by atoms with van der Waals surface area (Å²) in [6.07, 6.45) is -3.31. The van der Waals surface area contributed by atoms with Crippen molar-refractivity contribution in [3.8, 4) is 11.5 Å². The zero-order valence-corrected chi connectivity index (χ0v) is 17.6. The van der Waals surface area contributed by atoms with Gasteiger partial charge in [-0.3, -0.25) is 0 Å². The molecule has 10 nitrogen and oxygen atoms in total. The zero-order chi connectivity index (χ0) is 22.1. The van der Waals surface area contributed by atoms with Gasteiger partial charge in [-0.2, -0.15) is 8.42 Å². The first-order chi connectivity index (χ1) is 14.3. The second kappa shape index (κ2) is 11.8. The second-order valence-electron chi connectivity index (χ2n) is 6.99. The molecule has 30 heavy (non-hydrogen) atoms. The highest BCUT2D eigenvalue weighted by Gasteiger charge is 2.46. The van der Waals surface area contributed by atoms with Crippen LogP contribution in [-0.4, -0.2) is 72.8 Å². The highest BCUT2D eigenvalue weighted by molar-refractivity contribution is 7.82. The highest BCUT2D eigenvalue weighted by Crippen LogP contribution is 2.30. The minimum Gasteiger partial charge on any atom is -0.490 e. The second-order valence-corrected chi connectivity index (χ2v) is 8.17. The predicted octanol–water partition coefficient (Wildman–Crippen LogP) is 0.476. The number of aliphatic hydroxyl groups excluding tert-OH is 4. The van der Waals surface area contributed by atoms with Crippen LogP contribution in [0.3, 0.4) is 0 Å². The smallest absolute Gasteiger partial charge is 0.451 e. The number of hydrogen-bond acceptors (Lipinski definition) is 10. The number of aliphatic hydroxyl groups is 4. The van der Waals surface area contributed by atoms with E-state index in [4.69, 9.17) is 17.8 Å². The maximum absolute atomic E-state index is 12.3. The van der Waals surface area contributed by atoms with E-state index in [1.807, 2.05) is 0 Å². The molecule has 172 valence electrons. The van der Waals surface area contributed by atoms with Gasteiger partial charge in [-0.05, 0) is 18.6 Å². The summed E-state index contributed by atoms with van der Waals surface area (Å²) < 4.78 is 44.9. The summed E-state index contributed by atoms with van der Waals surface area (Å²) in [5.74, 6) is 0.0876. The van der Waals surface area contributed by atoms with Crippen molar-refractivity contribution >= 4 is 10.4 Å². The van der Waals surface area contributed by atoms with Crippen LogP contribution in [0.2, 0.25) is 0 Å². The molecule has 0 unspecified atom stereocenters. The van der Waals surface area contributed by atoms with Gasteiger partial charge in [0.1, 0.15) is 24.4 Å². The average molecular weight is 451 g/mol. The van der Waals surface area contributed by atoms with E-state index in [2.05, 4.69) is 6.92 Å². The van der Waals surface area contributed by atoms with Crippen molar-refractivity contribution in [2.24, 2.45) is 0 Å². The van der Waals surface area contributed by atoms with E-state index in [9.17, 15) is 28.8 Å². The van der Waals surface area contributed by atoms with Crippen LogP contribution in [-0.2, 0) is 19.3 Å². The van der Waals surface area contributed by atoms with Crippen molar-refractivity contribution in [3.05, 3.63) is 24.3 Å². The lowest BCUT2D eigenvalue weighted by atomic mass is 10.00. The molecule has 5 atom stereocenters. The Labute approximate surface area is 176 Å². The van der Waals surface area contributed by atoms with Crippen LogP contribution in [0, 0.1) is 0 Å². The van der Waals surface area contributed by atoms with Crippen LogP contribution in [0.4, 0.5) is 0 Å². The third-order valence-electron chi connectivity index (χ3n) is 4.61. The van der Waals surface area contributed by atoms with Crippen LogP contribution in [0.15, 0.2) is 24.3 Å². The molecule has 1 aliphatic heterocycles. The van der Waals surface area contributed by atoms with Gasteiger partial charge in [-0.25, -0.2) is 4.18 Å². The molecule has 1 heterocycles. The Balaban J connectivity index is 1.98. The van der Waals surface area contributed by atoms with Gasteiger partial charge in [0.05, 0.1) is 13.2 Å². The molecule has 1 aromatic rings. The lowest BCUT2D eigenvalue weighted by molar-refractivity contribution is -0.277. The van der Waals surface area contributed by atoms with E-state index in [0.29, 0.717) is 6.61 Å². The number of unbranched alkanes of at least 4 members (excludes halogenated alkanes) is 4. The topological polar surface area (TPSA) is 152 Å². The van der Waals surface area contributed by atoms with E-state index >= 15 is 0 Å². The number of benzene rings is 1. The van der Waals surface area contributed by atoms with Gasteiger partial charge in [0, 0.05) is 0 Å². The molecule has 1 fully saturated rings. The van der Waals surface area contributed by atoms with E-state index in [1.165, 1.54) is 6.07 Å². The number of ether oxygens (including phenoxy) is 2. The largest absolute Gasteiger partial charge is 0.490 e. The first-order valence-corrected chi connectivity index (χ1v) is 11.3. The Morgan fingerprint density at radius 3 is 2.30 bits per heavy atom. The lowest BCUT2D eigenvalue weighted by Gasteiger charge is -2.38. The lowest BCUT2D eigenvalue weighted by Crippen LogP contribution is -2.59. The van der Waals surface area contributed by atoms with Crippen LogP contribution in [0.25, 0.3) is 0 Å². The van der Waals surface area contributed by atoms with Crippen molar-refractivity contribution in [2.45, 2.75) is 69.7 Å². The third-order valence-corrected chi connectivity index (χ3v) is 5.42. The molecule has 0 radical (unpaired) electrons. The van der Waals surface area contributed by atoms with Crippen molar-refractivity contribution in [1.29, 1.82) is 0 Å². The summed E-state index contributed by atoms with van der Waals surface area (Å²) in [6.45, 7) is 1.79. The van der Waals surface area contributed by atoms with Crippen molar-refractivity contribution in [1.82, 2.24) is 0 Å². The van der Waals surface area contributed by atoms with E-state index in [0.717, 1.165) is 32.1 Å². The van der Waals surface area contributed by atoms with Gasteiger partial charge >= 0.3 is 10.4 Å². The zero-order valence-electron chi connectivity index (χ0n) is 16.8. The Bertz CT molecular complexity index is 739. The SMILES string of the molecule is CCCCCCCOc1ccccc1OS(=O)(=O)O[C@@H]1O[C@H](CO)[C@H](O)[C@H](O)[C@H]1O. The standard InChI is InChI=1S/C19H30O10S/c1-2-3-4-5-8-11-26-13-9-6-7-10-14(13)28-30(24,25)29-19-18(23)17(22)16(21)15(12-20)27-19/h6-7,9-10,15-23H,2-5,8,11-12H2,1H3/t15-,16+,17+,18-,19+/m1/s1. The summed E-state index contributed by atoms with van der Waals surface area (Å²) in [6, 6.07) is 6.13. The Morgan fingerprint density at radius 2 is 1.63 bits per heavy atom. The summed E-state index contributed by atoms with van der Waals surface area (Å²) in [5.41, 5.74) is 0. The molecular weight excluding hydrogens is 420 g/mol. The summed E-state index contributed by atoms with van der Waals surface area (Å²) in [4.78, 5) is 0. The quantitative estimate of drug-likeness (QED) is 0.331. The number of para-hydroxylation sites is 2. The Hall–Kier alpha value is -1.47. The minimum atomic E-state index is -4.74. The molecule has 0 amide bonds. The van der Waals surface area contributed by atoms with Gasteiger partial charge < -0.3 is 34.1 Å². The summed E-state index contributed by atoms with van der Waals surface area (Å²) in [7, 11) is -4.74. The summed E-state index contributed by atoms with van der Waals surface area (Å²) >= 11 is 0. The van der Waals surface area contributed by atoms with Crippen molar-refractivity contribution in [2.75, 3.05) is 13.2 Å². The maximum atomic E-state index is 12.3. The molecule has 11 heteroatoms. The fourth-order valence-electron chi connectivity index (χ4n) is 2.92. The molecule has 0 aliphatic carbocycles. The predicted molar refractivity (Wildman–Crippen MR) is 105 cm³/mol. The molecule has 0 bridgehead atoms. The van der Waals surface area contributed by atoms with Gasteiger partial charge in [-0.1, -0.05) is 44.7 Å². The molecule has 0 aromatic heterocycles. The van der Waals surface area contributed by atoms with Gasteiger partial charge in [-0.15, -0.1) is 0 Å².